The Bertz CT molecular complexity index is 858. The van der Waals surface area contributed by atoms with Crippen LogP contribution in [-0.4, -0.2) is 59.0 Å². The van der Waals surface area contributed by atoms with Crippen molar-refractivity contribution in [2.75, 3.05) is 19.8 Å². The minimum Gasteiger partial charge on any atom is -0.393 e. The van der Waals surface area contributed by atoms with Gasteiger partial charge in [-0.15, -0.1) is 0 Å². The first-order valence-electron chi connectivity index (χ1n) is 20.5. The maximum atomic E-state index is 12.7. The van der Waals surface area contributed by atoms with Crippen molar-refractivity contribution in [1.29, 1.82) is 0 Å². The van der Waals surface area contributed by atoms with Crippen molar-refractivity contribution >= 4 is 13.7 Å². The molecule has 0 radical (unpaired) electrons. The molecule has 1 amide bonds. The van der Waals surface area contributed by atoms with Crippen molar-refractivity contribution in [2.24, 2.45) is 5.73 Å². The lowest BCUT2D eigenvalue weighted by Crippen LogP contribution is -2.46. The van der Waals surface area contributed by atoms with E-state index < -0.39 is 38.6 Å². The molecule has 10 heteroatoms. The highest BCUT2D eigenvalue weighted by Gasteiger charge is 2.27. The number of carbonyl (C=O) groups excluding carboxylic acids is 1. The Balaban J connectivity index is 4.33. The molecule has 0 aliphatic rings. The second kappa shape index (κ2) is 36.3. The predicted octanol–water partition coefficient (Wildman–Crippen LogP) is 9.97. The molecule has 0 aliphatic heterocycles. The molecule has 0 aromatic heterocycles. The number of hydrogen-bond donors (Lipinski definition) is 5. The van der Waals surface area contributed by atoms with Crippen molar-refractivity contribution in [1.82, 2.24) is 5.32 Å². The van der Waals surface area contributed by atoms with Crippen LogP contribution in [0.25, 0.3) is 0 Å². The molecule has 0 bridgehead atoms. The number of unbranched alkanes of at least 4 members (excludes halogenated alkanes) is 22. The molecule has 0 rings (SSSR count). The van der Waals surface area contributed by atoms with Gasteiger partial charge < -0.3 is 26.2 Å². The summed E-state index contributed by atoms with van der Waals surface area (Å²) in [5, 5.41) is 23.9. The molecule has 9 nitrogen and oxygen atoms in total. The second-order valence-electron chi connectivity index (χ2n) is 14.0. The van der Waals surface area contributed by atoms with Gasteiger partial charge in [0.05, 0.1) is 37.9 Å². The molecule has 6 N–H and O–H groups in total. The monoisotopic (exact) mass is 731 g/mol. The van der Waals surface area contributed by atoms with E-state index in [2.05, 4.69) is 31.3 Å². The van der Waals surface area contributed by atoms with Crippen molar-refractivity contribution in [3.8, 4) is 0 Å². The Hall–Kier alpha value is -1.06. The van der Waals surface area contributed by atoms with Crippen LogP contribution in [-0.2, 0) is 18.4 Å². The minimum atomic E-state index is -4.39. The van der Waals surface area contributed by atoms with E-state index in [0.717, 1.165) is 51.4 Å². The van der Waals surface area contributed by atoms with E-state index in [9.17, 15) is 24.5 Å². The quantitative estimate of drug-likeness (QED) is 0.0239. The van der Waals surface area contributed by atoms with Crippen molar-refractivity contribution in [2.45, 2.75) is 205 Å². The van der Waals surface area contributed by atoms with E-state index in [1.165, 1.54) is 109 Å². The van der Waals surface area contributed by atoms with Crippen LogP contribution in [0.4, 0.5) is 0 Å². The lowest BCUT2D eigenvalue weighted by molar-refractivity contribution is -0.124. The summed E-state index contributed by atoms with van der Waals surface area (Å²) < 4.78 is 22.0. The van der Waals surface area contributed by atoms with E-state index in [1.54, 1.807) is 6.08 Å². The molecule has 0 heterocycles. The molecule has 0 saturated heterocycles. The molecular weight excluding hydrogens is 651 g/mol. The van der Waals surface area contributed by atoms with Gasteiger partial charge >= 0.3 is 7.82 Å². The number of rotatable bonds is 38. The largest absolute Gasteiger partial charge is 0.472 e. The third-order valence-electron chi connectivity index (χ3n) is 9.08. The Morgan fingerprint density at radius 2 is 1.14 bits per heavy atom. The van der Waals surface area contributed by atoms with Gasteiger partial charge in [0, 0.05) is 6.54 Å². The summed E-state index contributed by atoms with van der Waals surface area (Å²) in [6.45, 7) is 3.91. The van der Waals surface area contributed by atoms with Crippen molar-refractivity contribution in [3.05, 3.63) is 24.3 Å². The Morgan fingerprint density at radius 3 is 1.66 bits per heavy atom. The van der Waals surface area contributed by atoms with E-state index >= 15 is 0 Å². The van der Waals surface area contributed by atoms with Crippen LogP contribution in [0.3, 0.4) is 0 Å². The summed E-state index contributed by atoms with van der Waals surface area (Å²) in [6.07, 6.45) is 37.0. The summed E-state index contributed by atoms with van der Waals surface area (Å²) >= 11 is 0. The topological polar surface area (TPSA) is 151 Å². The molecule has 4 atom stereocenters. The number of amides is 1. The molecule has 0 aromatic carbocycles. The van der Waals surface area contributed by atoms with Crippen molar-refractivity contribution in [3.63, 3.8) is 0 Å². The zero-order valence-electron chi connectivity index (χ0n) is 32.3. The summed E-state index contributed by atoms with van der Waals surface area (Å²) in [6, 6.07) is -0.983. The number of allylic oxidation sites excluding steroid dienone is 3. The summed E-state index contributed by atoms with van der Waals surface area (Å²) in [5.74, 6) is -0.457. The molecule has 4 unspecified atom stereocenters. The van der Waals surface area contributed by atoms with Crippen LogP contribution in [0.2, 0.25) is 0 Å². The van der Waals surface area contributed by atoms with Crippen LogP contribution < -0.4 is 11.1 Å². The smallest absolute Gasteiger partial charge is 0.393 e. The number of nitrogens with two attached hydrogens (primary N) is 1. The van der Waals surface area contributed by atoms with E-state index in [0.29, 0.717) is 6.42 Å². The Labute approximate surface area is 307 Å². The fourth-order valence-electron chi connectivity index (χ4n) is 5.92. The van der Waals surface area contributed by atoms with Crippen LogP contribution in [0, 0.1) is 0 Å². The highest BCUT2D eigenvalue weighted by Crippen LogP contribution is 2.43. The van der Waals surface area contributed by atoms with Crippen LogP contribution in [0.1, 0.15) is 187 Å². The lowest BCUT2D eigenvalue weighted by atomic mass is 10.0. The fourth-order valence-corrected chi connectivity index (χ4v) is 6.68. The van der Waals surface area contributed by atoms with Gasteiger partial charge in [0.15, 0.2) is 0 Å². The number of carbonyl (C=O) groups is 1. The normalized spacial score (nSPS) is 15.1. The first kappa shape index (κ1) is 48.9. The third kappa shape index (κ3) is 34.0. The average Bonchev–Trinajstić information content (AvgIpc) is 3.09. The van der Waals surface area contributed by atoms with Gasteiger partial charge in [0.25, 0.3) is 0 Å². The summed E-state index contributed by atoms with van der Waals surface area (Å²) in [5.41, 5.74) is 5.35. The number of phosphoric acid groups is 1. The Morgan fingerprint density at radius 1 is 0.680 bits per heavy atom. The van der Waals surface area contributed by atoms with Gasteiger partial charge in [-0.1, -0.05) is 167 Å². The van der Waals surface area contributed by atoms with E-state index in [4.69, 9.17) is 14.8 Å². The van der Waals surface area contributed by atoms with Gasteiger partial charge in [-0.3, -0.25) is 13.8 Å². The molecule has 0 aromatic rings. The molecule has 0 spiro atoms. The third-order valence-corrected chi connectivity index (χ3v) is 10.1. The average molecular weight is 731 g/mol. The van der Waals surface area contributed by atoms with Gasteiger partial charge in [-0.05, 0) is 38.5 Å². The molecular formula is C40H79N2O7P. The minimum absolute atomic E-state index is 0.0480. The lowest BCUT2D eigenvalue weighted by Gasteiger charge is -2.24. The summed E-state index contributed by atoms with van der Waals surface area (Å²) in [7, 11) is -4.39. The first-order valence-corrected chi connectivity index (χ1v) is 22.0. The zero-order chi connectivity index (χ0) is 37.0. The van der Waals surface area contributed by atoms with Gasteiger partial charge in [-0.2, -0.15) is 0 Å². The Kier molecular flexibility index (Phi) is 35.5. The number of phosphoric ester groups is 1. The van der Waals surface area contributed by atoms with Crippen molar-refractivity contribution < 1.29 is 33.5 Å². The number of hydrogen-bond acceptors (Lipinski definition) is 7. The fraction of sp³-hybridized carbons (Fsp3) is 0.875. The second-order valence-corrected chi connectivity index (χ2v) is 15.5. The van der Waals surface area contributed by atoms with E-state index in [1.807, 2.05) is 6.08 Å². The number of aliphatic hydroxyl groups excluding tert-OH is 2. The zero-order valence-corrected chi connectivity index (χ0v) is 33.1. The number of nitrogens with one attached hydrogen (secondary N) is 1. The van der Waals surface area contributed by atoms with Gasteiger partial charge in [-0.25, -0.2) is 4.57 Å². The van der Waals surface area contributed by atoms with Gasteiger partial charge in [0.2, 0.25) is 5.91 Å². The highest BCUT2D eigenvalue weighted by molar-refractivity contribution is 7.47. The molecule has 0 saturated carbocycles. The van der Waals surface area contributed by atoms with Crippen LogP contribution >= 0.6 is 7.82 Å². The molecule has 296 valence electrons. The van der Waals surface area contributed by atoms with E-state index in [-0.39, 0.29) is 19.6 Å². The molecule has 50 heavy (non-hydrogen) atoms. The first-order chi connectivity index (χ1) is 24.3. The summed E-state index contributed by atoms with van der Waals surface area (Å²) in [4.78, 5) is 22.6. The van der Waals surface area contributed by atoms with Crippen LogP contribution in [0.5, 0.6) is 0 Å². The SMILES string of the molecule is CCCC/C=C\CCCCCC(O)CC(=O)NC(COP(=O)(O)OCCN)C(O)/C=C/CCCCCCCCCCCCCCCCCCC. The van der Waals surface area contributed by atoms with Gasteiger partial charge in [0.1, 0.15) is 0 Å². The van der Waals surface area contributed by atoms with Crippen LogP contribution in [0.15, 0.2) is 24.3 Å². The highest BCUT2D eigenvalue weighted by atomic mass is 31.2. The molecule has 0 aliphatic carbocycles. The number of aliphatic hydroxyl groups is 2. The standard InChI is InChI=1S/C40H79N2O7P/c1-3-5-7-9-11-13-14-15-16-17-18-19-20-21-22-24-26-28-30-32-39(44)38(36-49-50(46,47)48-34-33-41)42-40(45)35-37(43)31-29-27-25-23-12-10-8-6-4-2/h10,12,30,32,37-39,43-44H,3-9,11,13-29,31,33-36,41H2,1-2H3,(H,42,45)(H,46,47)/b12-10-,32-30+. The maximum absolute atomic E-state index is 12.7. The maximum Gasteiger partial charge on any atom is 0.472 e. The predicted molar refractivity (Wildman–Crippen MR) is 209 cm³/mol. The molecule has 0 fully saturated rings.